The number of anilines is 2. The molecule has 0 unspecified atom stereocenters. The molecule has 0 heterocycles. The molecule has 0 aliphatic heterocycles. The molecule has 0 saturated carbocycles. The number of primary amides is 1. The number of esters is 1. The molecular weight excluding hydrogens is 730 g/mol. The maximum atomic E-state index is 13.5. The first-order valence-electron chi connectivity index (χ1n) is 20.2. The maximum Gasteiger partial charge on any atom is 0.312 e. The van der Waals surface area contributed by atoms with Gasteiger partial charge in [0.25, 0.3) is 0 Å². The van der Waals surface area contributed by atoms with Gasteiger partial charge in [-0.2, -0.15) is 0 Å². The molecule has 0 radical (unpaired) electrons. The predicted molar refractivity (Wildman–Crippen MR) is 219 cm³/mol. The number of ether oxygens (including phenoxy) is 2. The molecule has 0 aliphatic carbocycles. The van der Waals surface area contributed by atoms with Gasteiger partial charge >= 0.3 is 12.0 Å². The van der Waals surface area contributed by atoms with Gasteiger partial charge in [-0.15, -0.1) is 0 Å². The molecule has 0 bridgehead atoms. The molecule has 0 saturated heterocycles. The summed E-state index contributed by atoms with van der Waals surface area (Å²) >= 11 is 0. The molecule has 2 aromatic rings. The van der Waals surface area contributed by atoms with Crippen LogP contribution in [0.15, 0.2) is 54.6 Å². The summed E-state index contributed by atoms with van der Waals surface area (Å²) in [5, 5.41) is 11.1. The van der Waals surface area contributed by atoms with Crippen molar-refractivity contribution in [3.05, 3.63) is 60.2 Å². The zero-order chi connectivity index (χ0) is 41.8. The van der Waals surface area contributed by atoms with Gasteiger partial charge in [0, 0.05) is 55.9 Å². The molecule has 0 aromatic heterocycles. The maximum absolute atomic E-state index is 13.5. The summed E-state index contributed by atoms with van der Waals surface area (Å²) in [6, 6.07) is 14.9. The lowest BCUT2D eigenvalue weighted by Gasteiger charge is -2.24. The van der Waals surface area contributed by atoms with Gasteiger partial charge in [-0.25, -0.2) is 4.79 Å². The fourth-order valence-corrected chi connectivity index (χ4v) is 6.07. The quantitative estimate of drug-likeness (QED) is 0.0439. The van der Waals surface area contributed by atoms with E-state index in [2.05, 4.69) is 21.3 Å². The summed E-state index contributed by atoms with van der Waals surface area (Å²) < 4.78 is 10.5. The van der Waals surface area contributed by atoms with Crippen LogP contribution in [-0.4, -0.2) is 67.1 Å². The van der Waals surface area contributed by atoms with E-state index in [0.717, 1.165) is 36.9 Å². The van der Waals surface area contributed by atoms with Crippen LogP contribution in [0, 0.1) is 11.8 Å². The first kappa shape index (κ1) is 48.0. The van der Waals surface area contributed by atoms with Crippen LogP contribution in [0.3, 0.4) is 0 Å². The molecule has 0 fully saturated rings. The first-order valence-corrected chi connectivity index (χ1v) is 20.2. The Bertz CT molecular complexity index is 1550. The van der Waals surface area contributed by atoms with E-state index in [4.69, 9.17) is 15.2 Å². The molecule has 57 heavy (non-hydrogen) atoms. The van der Waals surface area contributed by atoms with E-state index in [0.29, 0.717) is 63.7 Å². The number of hydrogen-bond acceptors (Lipinski definition) is 9. The minimum atomic E-state index is -0.785. The molecular formula is C43H63N5O9. The molecule has 14 heteroatoms. The van der Waals surface area contributed by atoms with Gasteiger partial charge in [-0.3, -0.25) is 28.8 Å². The lowest BCUT2D eigenvalue weighted by atomic mass is 9.89. The zero-order valence-electron chi connectivity index (χ0n) is 33.9. The number of ketones is 2. The van der Waals surface area contributed by atoms with Gasteiger partial charge < -0.3 is 36.5 Å². The smallest absolute Gasteiger partial charge is 0.312 e. The summed E-state index contributed by atoms with van der Waals surface area (Å²) in [5.74, 6) is -2.13. The van der Waals surface area contributed by atoms with Crippen LogP contribution in [-0.2, 0) is 44.8 Å². The van der Waals surface area contributed by atoms with Gasteiger partial charge in [0.2, 0.25) is 17.7 Å². The van der Waals surface area contributed by atoms with Crippen LogP contribution in [0.4, 0.5) is 16.2 Å². The molecule has 314 valence electrons. The number of hydrogen-bond donors (Lipinski definition) is 5. The summed E-state index contributed by atoms with van der Waals surface area (Å²) in [7, 11) is 0. The van der Waals surface area contributed by atoms with Crippen molar-refractivity contribution in [2.45, 2.75) is 123 Å². The van der Waals surface area contributed by atoms with Crippen LogP contribution in [0.25, 0.3) is 0 Å². The van der Waals surface area contributed by atoms with Crippen LogP contribution >= 0.6 is 0 Å². The molecule has 0 spiro atoms. The van der Waals surface area contributed by atoms with Crippen molar-refractivity contribution in [1.82, 2.24) is 10.6 Å². The van der Waals surface area contributed by atoms with Crippen molar-refractivity contribution in [2.75, 3.05) is 30.4 Å². The predicted octanol–water partition coefficient (Wildman–Crippen LogP) is 6.37. The Balaban J connectivity index is 1.79. The van der Waals surface area contributed by atoms with E-state index in [1.54, 1.807) is 31.2 Å². The number of carbonyl (C=O) groups is 7. The molecule has 2 atom stereocenters. The summed E-state index contributed by atoms with van der Waals surface area (Å²) in [6.45, 7) is 6.19. The number of Topliss-reactive ketones (excluding diaryl/α,β-unsaturated/α-hetero) is 2. The van der Waals surface area contributed by atoms with Gasteiger partial charge in [-0.1, -0.05) is 63.4 Å². The van der Waals surface area contributed by atoms with Crippen LogP contribution in [0.2, 0.25) is 0 Å². The number of nitrogens with two attached hydrogens (primary N) is 1. The van der Waals surface area contributed by atoms with Gasteiger partial charge in [0.15, 0.2) is 11.6 Å². The van der Waals surface area contributed by atoms with E-state index in [9.17, 15) is 33.6 Å². The second kappa shape index (κ2) is 28.3. The third kappa shape index (κ3) is 22.3. The van der Waals surface area contributed by atoms with Crippen molar-refractivity contribution in [1.29, 1.82) is 0 Å². The lowest BCUT2D eigenvalue weighted by Crippen LogP contribution is -2.45. The van der Waals surface area contributed by atoms with Gasteiger partial charge in [-0.05, 0) is 81.2 Å². The van der Waals surface area contributed by atoms with E-state index < -0.39 is 18.0 Å². The highest BCUT2D eigenvalue weighted by atomic mass is 16.5. The number of urea groups is 1. The number of para-hydroxylation sites is 1. The Morgan fingerprint density at radius 1 is 0.702 bits per heavy atom. The van der Waals surface area contributed by atoms with Gasteiger partial charge in [0.05, 0.1) is 19.3 Å². The monoisotopic (exact) mass is 793 g/mol. The molecule has 2 rings (SSSR count). The molecule has 2 aromatic carbocycles. The lowest BCUT2D eigenvalue weighted by molar-refractivity contribution is -0.143. The molecule has 14 nitrogen and oxygen atoms in total. The van der Waals surface area contributed by atoms with Crippen molar-refractivity contribution in [3.63, 3.8) is 0 Å². The minimum Gasteiger partial charge on any atom is -0.466 e. The summed E-state index contributed by atoms with van der Waals surface area (Å²) in [5.41, 5.74) is 7.29. The van der Waals surface area contributed by atoms with Crippen LogP contribution in [0.5, 0.6) is 0 Å². The van der Waals surface area contributed by atoms with Crippen molar-refractivity contribution < 1.29 is 43.0 Å². The molecule has 6 N–H and O–H groups in total. The average molecular weight is 794 g/mol. The Hall–Kier alpha value is -5.11. The van der Waals surface area contributed by atoms with Crippen molar-refractivity contribution in [2.24, 2.45) is 17.6 Å². The number of rotatable bonds is 30. The standard InChI is InChI=1S/C43H63N5O9/c1-4-57-40(53)22-14-8-13-21-39(52)48-41(31(2)3)37(50)28-33(16-15-27-45-43(44)55)42(54)47-35-25-23-32(24-26-35)29-56-30-36(49)19-11-5-6-12-20-38(51)46-34-17-9-7-10-18-34/h7,9-10,17-18,23-26,31,33,41H,4-6,8,11-16,19-22,27-30H2,1-3H3,(H,46,51)(H,47,54)(H,48,52)(H3,44,45,55)/t33-,41+/m1/s1. The fraction of sp³-hybridized carbons (Fsp3) is 0.558. The van der Waals surface area contributed by atoms with E-state index in [1.165, 1.54) is 0 Å². The number of nitrogens with one attached hydrogen (secondary N) is 4. The minimum absolute atomic E-state index is 0.00671. The third-order valence-electron chi connectivity index (χ3n) is 9.19. The zero-order valence-corrected chi connectivity index (χ0v) is 33.9. The SMILES string of the molecule is CCOC(=O)CCCCCC(=O)N[C@H](C(=O)C[C@@H](CCCNC(N)=O)C(=O)Nc1ccc(COCC(=O)CCCCCCC(=O)Nc2ccccc2)cc1)C(C)C. The Labute approximate surface area is 337 Å². The van der Waals surface area contributed by atoms with Gasteiger partial charge in [0.1, 0.15) is 6.61 Å². The van der Waals surface area contributed by atoms with Crippen molar-refractivity contribution >= 4 is 52.7 Å². The van der Waals surface area contributed by atoms with Crippen molar-refractivity contribution in [3.8, 4) is 0 Å². The number of amides is 5. The highest BCUT2D eigenvalue weighted by Crippen LogP contribution is 2.20. The highest BCUT2D eigenvalue weighted by Gasteiger charge is 2.29. The fourth-order valence-electron chi connectivity index (χ4n) is 6.07. The number of benzene rings is 2. The summed E-state index contributed by atoms with van der Waals surface area (Å²) in [4.78, 5) is 86.8. The second-order valence-electron chi connectivity index (χ2n) is 14.5. The Kier molecular flexibility index (Phi) is 23.9. The Morgan fingerprint density at radius 2 is 1.32 bits per heavy atom. The van der Waals surface area contributed by atoms with E-state index >= 15 is 0 Å². The summed E-state index contributed by atoms with van der Waals surface area (Å²) in [6.07, 6.45) is 6.99. The third-order valence-corrected chi connectivity index (χ3v) is 9.19. The molecule has 5 amide bonds. The van der Waals surface area contributed by atoms with Crippen LogP contribution < -0.4 is 27.0 Å². The van der Waals surface area contributed by atoms with E-state index in [1.807, 2.05) is 44.2 Å². The second-order valence-corrected chi connectivity index (χ2v) is 14.5. The van der Waals surface area contributed by atoms with E-state index in [-0.39, 0.29) is 73.8 Å². The number of carbonyl (C=O) groups excluding carboxylic acids is 7. The largest absolute Gasteiger partial charge is 0.466 e. The highest BCUT2D eigenvalue weighted by molar-refractivity contribution is 5.97. The topological polar surface area (TPSA) is 212 Å². The average Bonchev–Trinajstić information content (AvgIpc) is 3.17. The molecule has 0 aliphatic rings. The van der Waals surface area contributed by atoms with Crippen LogP contribution in [0.1, 0.15) is 116 Å². The first-order chi connectivity index (χ1) is 27.4. The Morgan fingerprint density at radius 3 is 1.96 bits per heavy atom. The number of unbranched alkanes of at least 4 members (excludes halogenated alkanes) is 5. The normalized spacial score (nSPS) is 11.9.